The highest BCUT2D eigenvalue weighted by Crippen LogP contribution is 2.16. The quantitative estimate of drug-likeness (QED) is 0.148. The van der Waals surface area contributed by atoms with Crippen molar-refractivity contribution in [1.29, 1.82) is 0 Å². The van der Waals surface area contributed by atoms with Crippen LogP contribution in [-0.4, -0.2) is 25.0 Å². The molecule has 0 amide bonds. The Kier molecular flexibility index (Phi) is 21.8. The zero-order valence-electron chi connectivity index (χ0n) is 19.8. The van der Waals surface area contributed by atoms with Crippen molar-refractivity contribution in [1.82, 2.24) is 4.90 Å². The van der Waals surface area contributed by atoms with E-state index in [2.05, 4.69) is 69.3 Å². The molecule has 0 saturated heterocycles. The second-order valence-electron chi connectivity index (χ2n) is 8.46. The Morgan fingerprint density at radius 3 is 1.64 bits per heavy atom. The summed E-state index contributed by atoms with van der Waals surface area (Å²) in [6, 6.07) is 0.806. The minimum absolute atomic E-state index is 0.806. The van der Waals surface area contributed by atoms with Crippen LogP contribution in [0.4, 0.5) is 0 Å². The SMILES string of the molecule is CC/C=C/C/C=C\C/C=C\CCCCCCCCCC(CCCCC)N(C)C. The first kappa shape index (κ1) is 27.2. The number of hydrogen-bond acceptors (Lipinski definition) is 1. The Morgan fingerprint density at radius 2 is 1.07 bits per heavy atom. The highest BCUT2D eigenvalue weighted by atomic mass is 15.1. The van der Waals surface area contributed by atoms with Crippen LogP contribution in [0, 0.1) is 0 Å². The van der Waals surface area contributed by atoms with Gasteiger partial charge >= 0.3 is 0 Å². The topological polar surface area (TPSA) is 3.24 Å². The fraction of sp³-hybridized carbons (Fsp3) is 0.778. The summed E-state index contributed by atoms with van der Waals surface area (Å²) in [6.45, 7) is 4.48. The first-order valence-electron chi connectivity index (χ1n) is 12.3. The largest absolute Gasteiger partial charge is 0.306 e. The van der Waals surface area contributed by atoms with E-state index in [9.17, 15) is 0 Å². The van der Waals surface area contributed by atoms with E-state index in [1.54, 1.807) is 0 Å². The molecule has 0 bridgehead atoms. The van der Waals surface area contributed by atoms with Crippen LogP contribution in [0.5, 0.6) is 0 Å². The van der Waals surface area contributed by atoms with Crippen molar-refractivity contribution in [2.24, 2.45) is 0 Å². The molecule has 0 N–H and O–H groups in total. The number of rotatable bonds is 20. The molecule has 0 rings (SSSR count). The van der Waals surface area contributed by atoms with Gasteiger partial charge in [0.25, 0.3) is 0 Å². The monoisotopic (exact) mass is 389 g/mol. The van der Waals surface area contributed by atoms with E-state index in [-0.39, 0.29) is 0 Å². The fourth-order valence-electron chi connectivity index (χ4n) is 3.64. The molecule has 1 unspecified atom stereocenters. The first-order chi connectivity index (χ1) is 13.7. The molecule has 1 atom stereocenters. The maximum atomic E-state index is 2.45. The smallest absolute Gasteiger partial charge is 0.00891 e. The van der Waals surface area contributed by atoms with Crippen molar-refractivity contribution in [3.63, 3.8) is 0 Å². The van der Waals surface area contributed by atoms with E-state index in [1.165, 1.54) is 83.5 Å². The maximum Gasteiger partial charge on any atom is 0.00891 e. The molecule has 0 heterocycles. The zero-order valence-corrected chi connectivity index (χ0v) is 19.8. The molecule has 0 aliphatic heterocycles. The average Bonchev–Trinajstić information content (AvgIpc) is 2.68. The summed E-state index contributed by atoms with van der Waals surface area (Å²) in [4.78, 5) is 2.45. The number of nitrogens with zero attached hydrogens (tertiary/aromatic N) is 1. The third-order valence-electron chi connectivity index (χ3n) is 5.56. The van der Waals surface area contributed by atoms with Crippen molar-refractivity contribution in [3.05, 3.63) is 36.5 Å². The van der Waals surface area contributed by atoms with Gasteiger partial charge in [-0.2, -0.15) is 0 Å². The maximum absolute atomic E-state index is 2.45. The number of hydrogen-bond donors (Lipinski definition) is 0. The lowest BCUT2D eigenvalue weighted by atomic mass is 10.00. The van der Waals surface area contributed by atoms with Crippen LogP contribution in [0.1, 0.15) is 117 Å². The number of allylic oxidation sites excluding steroid dienone is 6. The molecule has 0 saturated carbocycles. The van der Waals surface area contributed by atoms with Gasteiger partial charge in [-0.15, -0.1) is 0 Å². The van der Waals surface area contributed by atoms with Gasteiger partial charge in [-0.3, -0.25) is 0 Å². The van der Waals surface area contributed by atoms with Gasteiger partial charge in [-0.1, -0.05) is 108 Å². The molecule has 0 aromatic heterocycles. The molecule has 0 radical (unpaired) electrons. The predicted octanol–water partition coefficient (Wildman–Crippen LogP) is 8.87. The van der Waals surface area contributed by atoms with Crippen molar-refractivity contribution < 1.29 is 0 Å². The number of unbranched alkanes of at least 4 members (excludes halogenated alkanes) is 9. The molecule has 1 nitrogen and oxygen atoms in total. The van der Waals surface area contributed by atoms with Gasteiger partial charge in [-0.05, 0) is 59.0 Å². The molecule has 0 spiro atoms. The van der Waals surface area contributed by atoms with Crippen LogP contribution in [0.2, 0.25) is 0 Å². The highest BCUT2D eigenvalue weighted by molar-refractivity contribution is 4.96. The van der Waals surface area contributed by atoms with Gasteiger partial charge in [0.05, 0.1) is 0 Å². The van der Waals surface area contributed by atoms with E-state index in [0.29, 0.717) is 0 Å². The van der Waals surface area contributed by atoms with E-state index >= 15 is 0 Å². The van der Waals surface area contributed by atoms with Gasteiger partial charge in [0.2, 0.25) is 0 Å². The van der Waals surface area contributed by atoms with Crippen molar-refractivity contribution in [2.75, 3.05) is 14.1 Å². The minimum Gasteiger partial charge on any atom is -0.306 e. The van der Waals surface area contributed by atoms with E-state index < -0.39 is 0 Å². The summed E-state index contributed by atoms with van der Waals surface area (Å²) in [5.74, 6) is 0. The molecular formula is C27H51N. The Morgan fingerprint density at radius 1 is 0.571 bits per heavy atom. The van der Waals surface area contributed by atoms with Gasteiger partial charge in [0, 0.05) is 6.04 Å². The van der Waals surface area contributed by atoms with Crippen molar-refractivity contribution in [3.8, 4) is 0 Å². The van der Waals surface area contributed by atoms with E-state index in [1.807, 2.05) is 0 Å². The second kappa shape index (κ2) is 22.5. The summed E-state index contributed by atoms with van der Waals surface area (Å²) in [7, 11) is 4.51. The molecule has 0 aliphatic carbocycles. The third kappa shape index (κ3) is 19.9. The molecule has 28 heavy (non-hydrogen) atoms. The third-order valence-corrected chi connectivity index (χ3v) is 5.56. The fourth-order valence-corrected chi connectivity index (χ4v) is 3.64. The normalized spacial score (nSPS) is 13.6. The Hall–Kier alpha value is -0.820. The van der Waals surface area contributed by atoms with Gasteiger partial charge < -0.3 is 4.90 Å². The van der Waals surface area contributed by atoms with Crippen LogP contribution in [0.3, 0.4) is 0 Å². The van der Waals surface area contributed by atoms with Crippen LogP contribution in [-0.2, 0) is 0 Å². The predicted molar refractivity (Wildman–Crippen MR) is 130 cm³/mol. The molecule has 0 fully saturated rings. The highest BCUT2D eigenvalue weighted by Gasteiger charge is 2.10. The summed E-state index contributed by atoms with van der Waals surface area (Å²) in [5.41, 5.74) is 0. The van der Waals surface area contributed by atoms with Crippen LogP contribution in [0.25, 0.3) is 0 Å². The molecule has 0 aliphatic rings. The standard InChI is InChI=1S/C27H51N/c1-5-7-9-10-11-12-13-14-15-16-17-18-19-20-21-22-24-26-27(28(3)4)25-23-8-6-2/h7,9,11-12,14-15,27H,5-6,8,10,13,16-26H2,1-4H3/b9-7+,12-11-,15-14-. The average molecular weight is 390 g/mol. The summed E-state index contributed by atoms with van der Waals surface area (Å²) < 4.78 is 0. The van der Waals surface area contributed by atoms with Crippen LogP contribution < -0.4 is 0 Å². The zero-order chi connectivity index (χ0) is 20.7. The molecule has 0 aromatic rings. The Bertz CT molecular complexity index is 378. The van der Waals surface area contributed by atoms with E-state index in [4.69, 9.17) is 0 Å². The molecule has 164 valence electrons. The Labute approximate surface area is 178 Å². The minimum atomic E-state index is 0.806. The first-order valence-corrected chi connectivity index (χ1v) is 12.3. The molecular weight excluding hydrogens is 338 g/mol. The Balaban J connectivity index is 3.42. The lowest BCUT2D eigenvalue weighted by Gasteiger charge is -2.24. The summed E-state index contributed by atoms with van der Waals surface area (Å²) in [5, 5.41) is 0. The van der Waals surface area contributed by atoms with E-state index in [0.717, 1.165) is 25.3 Å². The lowest BCUT2D eigenvalue weighted by Crippen LogP contribution is -2.27. The molecule has 1 heteroatoms. The molecule has 0 aromatic carbocycles. The second-order valence-corrected chi connectivity index (χ2v) is 8.46. The van der Waals surface area contributed by atoms with Crippen LogP contribution >= 0.6 is 0 Å². The van der Waals surface area contributed by atoms with Gasteiger partial charge in [-0.25, -0.2) is 0 Å². The van der Waals surface area contributed by atoms with Crippen LogP contribution in [0.15, 0.2) is 36.5 Å². The summed E-state index contributed by atoms with van der Waals surface area (Å²) >= 11 is 0. The van der Waals surface area contributed by atoms with Crippen molar-refractivity contribution >= 4 is 0 Å². The lowest BCUT2D eigenvalue weighted by molar-refractivity contribution is 0.252. The van der Waals surface area contributed by atoms with Gasteiger partial charge in [0.15, 0.2) is 0 Å². The van der Waals surface area contributed by atoms with Gasteiger partial charge in [0.1, 0.15) is 0 Å². The summed E-state index contributed by atoms with van der Waals surface area (Å²) in [6.07, 6.45) is 35.1. The van der Waals surface area contributed by atoms with Crippen molar-refractivity contribution in [2.45, 2.75) is 123 Å².